The zero-order chi connectivity index (χ0) is 15.6. The van der Waals surface area contributed by atoms with Crippen molar-refractivity contribution >= 4 is 21.6 Å². The average Bonchev–Trinajstić information content (AvgIpc) is 2.39. The highest BCUT2D eigenvalue weighted by Crippen LogP contribution is 2.20. The fourth-order valence-corrected chi connectivity index (χ4v) is 3.25. The van der Waals surface area contributed by atoms with Crippen molar-refractivity contribution < 1.29 is 17.6 Å². The SMILES string of the molecule is CS(=O)(=O)NC1CCCN(C(=O)c2cccc(F)c2N)C1. The number of likely N-dealkylation sites (tertiary alicyclic amines) is 1. The van der Waals surface area contributed by atoms with Crippen LogP contribution in [0.5, 0.6) is 0 Å². The smallest absolute Gasteiger partial charge is 0.256 e. The van der Waals surface area contributed by atoms with Crippen molar-refractivity contribution in [2.45, 2.75) is 18.9 Å². The Morgan fingerprint density at radius 2 is 2.19 bits per heavy atom. The quantitative estimate of drug-likeness (QED) is 0.797. The summed E-state index contributed by atoms with van der Waals surface area (Å²) >= 11 is 0. The predicted octanol–water partition coefficient (Wildman–Crippen LogP) is 0.562. The van der Waals surface area contributed by atoms with Crippen molar-refractivity contribution in [1.29, 1.82) is 0 Å². The van der Waals surface area contributed by atoms with E-state index in [2.05, 4.69) is 4.72 Å². The van der Waals surface area contributed by atoms with Crippen LogP contribution in [0.25, 0.3) is 0 Å². The van der Waals surface area contributed by atoms with Gasteiger partial charge in [-0.3, -0.25) is 4.79 Å². The molecule has 0 aromatic heterocycles. The Kier molecular flexibility index (Phi) is 4.48. The Morgan fingerprint density at radius 3 is 2.86 bits per heavy atom. The van der Waals surface area contributed by atoms with Crippen LogP contribution in [0.1, 0.15) is 23.2 Å². The number of rotatable bonds is 3. The van der Waals surface area contributed by atoms with E-state index < -0.39 is 15.8 Å². The number of nitrogens with one attached hydrogen (secondary N) is 1. The topological polar surface area (TPSA) is 92.5 Å². The van der Waals surface area contributed by atoms with Gasteiger partial charge in [-0.2, -0.15) is 0 Å². The number of halogens is 1. The molecule has 1 aliphatic rings. The van der Waals surface area contributed by atoms with Crippen molar-refractivity contribution in [2.75, 3.05) is 25.1 Å². The molecule has 1 aromatic carbocycles. The number of hydrogen-bond acceptors (Lipinski definition) is 4. The van der Waals surface area contributed by atoms with Crippen molar-refractivity contribution in [3.63, 3.8) is 0 Å². The molecule has 1 saturated heterocycles. The van der Waals surface area contributed by atoms with E-state index in [-0.39, 0.29) is 29.7 Å². The summed E-state index contributed by atoms with van der Waals surface area (Å²) in [6, 6.07) is 3.76. The summed E-state index contributed by atoms with van der Waals surface area (Å²) in [5.41, 5.74) is 5.52. The van der Waals surface area contributed by atoms with Gasteiger partial charge in [-0.05, 0) is 25.0 Å². The zero-order valence-electron chi connectivity index (χ0n) is 11.7. The average molecular weight is 315 g/mol. The first-order valence-corrected chi connectivity index (χ1v) is 8.47. The van der Waals surface area contributed by atoms with Crippen LogP contribution in [-0.4, -0.2) is 44.6 Å². The molecule has 1 aliphatic heterocycles. The number of piperidine rings is 1. The number of para-hydroxylation sites is 1. The minimum absolute atomic E-state index is 0.106. The summed E-state index contributed by atoms with van der Waals surface area (Å²) in [5.74, 6) is -1.02. The van der Waals surface area contributed by atoms with Gasteiger partial charge >= 0.3 is 0 Å². The second kappa shape index (κ2) is 5.98. The van der Waals surface area contributed by atoms with Crippen molar-refractivity contribution in [1.82, 2.24) is 9.62 Å². The van der Waals surface area contributed by atoms with Crippen LogP contribution in [0.2, 0.25) is 0 Å². The van der Waals surface area contributed by atoms with Crippen molar-refractivity contribution in [2.24, 2.45) is 0 Å². The molecule has 1 amide bonds. The summed E-state index contributed by atoms with van der Waals surface area (Å²) in [6.45, 7) is 0.749. The maximum Gasteiger partial charge on any atom is 0.256 e. The van der Waals surface area contributed by atoms with E-state index in [1.54, 1.807) is 0 Å². The van der Waals surface area contributed by atoms with Gasteiger partial charge in [0.2, 0.25) is 10.0 Å². The van der Waals surface area contributed by atoms with E-state index in [9.17, 15) is 17.6 Å². The Bertz CT molecular complexity index is 648. The third-order valence-electron chi connectivity index (χ3n) is 3.37. The van der Waals surface area contributed by atoms with Crippen LogP contribution >= 0.6 is 0 Å². The van der Waals surface area contributed by atoms with Crippen LogP contribution < -0.4 is 10.5 Å². The van der Waals surface area contributed by atoms with Gasteiger partial charge in [0.1, 0.15) is 5.82 Å². The van der Waals surface area contributed by atoms with E-state index in [0.717, 1.165) is 6.26 Å². The largest absolute Gasteiger partial charge is 0.396 e. The van der Waals surface area contributed by atoms with Crippen LogP contribution in [0, 0.1) is 5.82 Å². The van der Waals surface area contributed by atoms with E-state index in [0.29, 0.717) is 19.4 Å². The van der Waals surface area contributed by atoms with Gasteiger partial charge in [0, 0.05) is 19.1 Å². The number of benzene rings is 1. The molecule has 6 nitrogen and oxygen atoms in total. The molecule has 21 heavy (non-hydrogen) atoms. The number of nitrogens with zero attached hydrogens (tertiary/aromatic N) is 1. The second-order valence-corrected chi connectivity index (χ2v) is 6.96. The number of amides is 1. The van der Waals surface area contributed by atoms with Crippen LogP contribution in [0.4, 0.5) is 10.1 Å². The minimum atomic E-state index is -3.33. The Balaban J connectivity index is 2.14. The number of carbonyl (C=O) groups excluding carboxylic acids is 1. The fraction of sp³-hybridized carbons (Fsp3) is 0.462. The molecule has 0 spiro atoms. The first-order chi connectivity index (χ1) is 9.78. The Labute approximate surface area is 123 Å². The summed E-state index contributed by atoms with van der Waals surface area (Å²) < 4.78 is 38.4. The molecule has 116 valence electrons. The summed E-state index contributed by atoms with van der Waals surface area (Å²) in [5, 5.41) is 0. The van der Waals surface area contributed by atoms with Gasteiger partial charge < -0.3 is 10.6 Å². The lowest BCUT2D eigenvalue weighted by Crippen LogP contribution is -2.49. The van der Waals surface area contributed by atoms with E-state index in [1.807, 2.05) is 0 Å². The Hall–Kier alpha value is -1.67. The summed E-state index contributed by atoms with van der Waals surface area (Å²) in [4.78, 5) is 13.9. The molecular formula is C13H18FN3O3S. The molecule has 2 rings (SSSR count). The molecule has 1 aromatic rings. The van der Waals surface area contributed by atoms with Crippen molar-refractivity contribution in [3.8, 4) is 0 Å². The first-order valence-electron chi connectivity index (χ1n) is 6.58. The molecular weight excluding hydrogens is 297 g/mol. The minimum Gasteiger partial charge on any atom is -0.396 e. The van der Waals surface area contributed by atoms with Gasteiger partial charge in [-0.25, -0.2) is 17.5 Å². The summed E-state index contributed by atoms with van der Waals surface area (Å²) in [7, 11) is -3.33. The maximum absolute atomic E-state index is 13.4. The van der Waals surface area contributed by atoms with Gasteiger partial charge in [-0.15, -0.1) is 0 Å². The predicted molar refractivity (Wildman–Crippen MR) is 77.7 cm³/mol. The van der Waals surface area contributed by atoms with Crippen LogP contribution in [0.15, 0.2) is 18.2 Å². The number of nitrogens with two attached hydrogens (primary N) is 1. The molecule has 3 N–H and O–H groups in total. The van der Waals surface area contributed by atoms with E-state index >= 15 is 0 Å². The third kappa shape index (κ3) is 3.92. The lowest BCUT2D eigenvalue weighted by Gasteiger charge is -2.33. The first kappa shape index (κ1) is 15.7. The Morgan fingerprint density at radius 1 is 1.48 bits per heavy atom. The van der Waals surface area contributed by atoms with E-state index in [1.165, 1.54) is 23.1 Å². The van der Waals surface area contributed by atoms with E-state index in [4.69, 9.17) is 5.73 Å². The van der Waals surface area contributed by atoms with Crippen LogP contribution in [-0.2, 0) is 10.0 Å². The molecule has 1 fully saturated rings. The van der Waals surface area contributed by atoms with Gasteiger partial charge in [0.25, 0.3) is 5.91 Å². The van der Waals surface area contributed by atoms with Gasteiger partial charge in [0.15, 0.2) is 0 Å². The second-order valence-electron chi connectivity index (χ2n) is 5.18. The van der Waals surface area contributed by atoms with Gasteiger partial charge in [0.05, 0.1) is 17.5 Å². The fourth-order valence-electron chi connectivity index (χ4n) is 2.45. The molecule has 0 aliphatic carbocycles. The number of nitrogen functional groups attached to an aromatic ring is 1. The third-order valence-corrected chi connectivity index (χ3v) is 4.13. The molecule has 1 unspecified atom stereocenters. The molecule has 1 heterocycles. The maximum atomic E-state index is 13.4. The number of anilines is 1. The standard InChI is InChI=1S/C13H18FN3O3S/c1-21(19,20)16-9-4-3-7-17(8-9)13(18)10-5-2-6-11(14)12(10)15/h2,5-6,9,16H,3-4,7-8,15H2,1H3. The van der Waals surface area contributed by atoms with Crippen LogP contribution in [0.3, 0.4) is 0 Å². The van der Waals surface area contributed by atoms with Crippen molar-refractivity contribution in [3.05, 3.63) is 29.6 Å². The number of sulfonamides is 1. The molecule has 1 atom stereocenters. The zero-order valence-corrected chi connectivity index (χ0v) is 12.5. The molecule has 0 bridgehead atoms. The molecule has 0 radical (unpaired) electrons. The van der Waals surface area contributed by atoms with Gasteiger partial charge in [-0.1, -0.05) is 6.07 Å². The highest BCUT2D eigenvalue weighted by molar-refractivity contribution is 7.88. The summed E-state index contributed by atoms with van der Waals surface area (Å²) in [6.07, 6.45) is 2.42. The molecule has 0 saturated carbocycles. The normalized spacial score (nSPS) is 19.5. The number of hydrogen-bond donors (Lipinski definition) is 2. The molecule has 8 heteroatoms. The lowest BCUT2D eigenvalue weighted by molar-refractivity contribution is 0.0704. The highest BCUT2D eigenvalue weighted by Gasteiger charge is 2.27. The lowest BCUT2D eigenvalue weighted by atomic mass is 10.0. The highest BCUT2D eigenvalue weighted by atomic mass is 32.2. The number of carbonyl (C=O) groups is 1. The monoisotopic (exact) mass is 315 g/mol.